The summed E-state index contributed by atoms with van der Waals surface area (Å²) >= 11 is 0. The SMILES string of the molecule is C[C@@H]1CCC[C@H](OCCC(C)(C)[C@@H]2CCCC[C@H]2C)C1. The molecule has 0 radical (unpaired) electrons. The Balaban J connectivity index is 1.74. The lowest BCUT2D eigenvalue weighted by molar-refractivity contribution is -0.0127. The second-order valence-corrected chi connectivity index (χ2v) is 8.37. The first-order valence-corrected chi connectivity index (χ1v) is 9.10. The van der Waals surface area contributed by atoms with E-state index < -0.39 is 0 Å². The van der Waals surface area contributed by atoms with Crippen LogP contribution >= 0.6 is 0 Å². The fourth-order valence-electron chi connectivity index (χ4n) is 4.68. The van der Waals surface area contributed by atoms with Crippen LogP contribution in [0.3, 0.4) is 0 Å². The van der Waals surface area contributed by atoms with E-state index in [-0.39, 0.29) is 0 Å². The zero-order valence-corrected chi connectivity index (χ0v) is 14.3. The molecule has 0 aromatic carbocycles. The molecule has 0 aromatic rings. The van der Waals surface area contributed by atoms with Gasteiger partial charge in [-0.2, -0.15) is 0 Å². The molecule has 0 aromatic heterocycles. The van der Waals surface area contributed by atoms with Crippen molar-refractivity contribution in [1.29, 1.82) is 0 Å². The van der Waals surface area contributed by atoms with E-state index in [1.165, 1.54) is 57.8 Å². The number of hydrogen-bond acceptors (Lipinski definition) is 1. The third kappa shape index (κ3) is 4.48. The lowest BCUT2D eigenvalue weighted by atomic mass is 9.65. The number of rotatable bonds is 5. The van der Waals surface area contributed by atoms with Crippen molar-refractivity contribution >= 4 is 0 Å². The van der Waals surface area contributed by atoms with E-state index in [9.17, 15) is 0 Å². The van der Waals surface area contributed by atoms with Crippen LogP contribution < -0.4 is 0 Å². The van der Waals surface area contributed by atoms with Crippen molar-refractivity contribution in [2.45, 2.75) is 91.6 Å². The monoisotopic (exact) mass is 280 g/mol. The molecule has 0 N–H and O–H groups in total. The summed E-state index contributed by atoms with van der Waals surface area (Å²) in [5.74, 6) is 2.69. The molecule has 0 bridgehead atoms. The van der Waals surface area contributed by atoms with Gasteiger partial charge in [-0.25, -0.2) is 0 Å². The van der Waals surface area contributed by atoms with Gasteiger partial charge in [-0.15, -0.1) is 0 Å². The van der Waals surface area contributed by atoms with Crippen molar-refractivity contribution in [2.75, 3.05) is 6.61 Å². The molecule has 0 spiro atoms. The van der Waals surface area contributed by atoms with Gasteiger partial charge in [-0.05, 0) is 48.9 Å². The quantitative estimate of drug-likeness (QED) is 0.616. The van der Waals surface area contributed by atoms with Crippen molar-refractivity contribution < 1.29 is 4.74 Å². The summed E-state index contributed by atoms with van der Waals surface area (Å²) < 4.78 is 6.22. The average molecular weight is 280 g/mol. The van der Waals surface area contributed by atoms with Gasteiger partial charge in [0, 0.05) is 6.61 Å². The van der Waals surface area contributed by atoms with Gasteiger partial charge in [-0.3, -0.25) is 0 Å². The first-order valence-electron chi connectivity index (χ1n) is 9.10. The minimum Gasteiger partial charge on any atom is -0.378 e. The van der Waals surface area contributed by atoms with Crippen molar-refractivity contribution in [1.82, 2.24) is 0 Å². The molecule has 2 aliphatic carbocycles. The summed E-state index contributed by atoms with van der Waals surface area (Å²) in [7, 11) is 0. The van der Waals surface area contributed by atoms with Crippen LogP contribution in [-0.4, -0.2) is 12.7 Å². The van der Waals surface area contributed by atoms with Gasteiger partial charge in [0.2, 0.25) is 0 Å². The Morgan fingerprint density at radius 2 is 1.70 bits per heavy atom. The fourth-order valence-corrected chi connectivity index (χ4v) is 4.68. The predicted octanol–water partition coefficient (Wildman–Crippen LogP) is 5.82. The van der Waals surface area contributed by atoms with Gasteiger partial charge in [-0.1, -0.05) is 59.8 Å². The van der Waals surface area contributed by atoms with Crippen LogP contribution in [0.2, 0.25) is 0 Å². The fraction of sp³-hybridized carbons (Fsp3) is 1.00. The van der Waals surface area contributed by atoms with E-state index in [0.29, 0.717) is 11.5 Å². The third-order valence-electron chi connectivity index (χ3n) is 6.10. The van der Waals surface area contributed by atoms with E-state index >= 15 is 0 Å². The van der Waals surface area contributed by atoms with Crippen molar-refractivity contribution in [3.63, 3.8) is 0 Å². The molecule has 0 unspecified atom stereocenters. The smallest absolute Gasteiger partial charge is 0.0577 e. The molecular weight excluding hydrogens is 244 g/mol. The first kappa shape index (κ1) is 16.3. The maximum absolute atomic E-state index is 6.22. The van der Waals surface area contributed by atoms with Crippen molar-refractivity contribution in [2.24, 2.45) is 23.2 Å². The van der Waals surface area contributed by atoms with Crippen LogP contribution in [0.1, 0.15) is 85.5 Å². The number of ether oxygens (including phenoxy) is 1. The summed E-state index contributed by atoms with van der Waals surface area (Å²) in [4.78, 5) is 0. The maximum atomic E-state index is 6.22. The van der Waals surface area contributed by atoms with Gasteiger partial charge in [0.1, 0.15) is 0 Å². The lowest BCUT2D eigenvalue weighted by Gasteiger charge is -2.41. The van der Waals surface area contributed by atoms with E-state index in [1.54, 1.807) is 0 Å². The highest BCUT2D eigenvalue weighted by Gasteiger charge is 2.34. The maximum Gasteiger partial charge on any atom is 0.0577 e. The summed E-state index contributed by atoms with van der Waals surface area (Å²) in [6.45, 7) is 10.8. The molecule has 2 rings (SSSR count). The van der Waals surface area contributed by atoms with E-state index in [0.717, 1.165) is 24.4 Å². The van der Waals surface area contributed by atoms with Gasteiger partial charge < -0.3 is 4.74 Å². The van der Waals surface area contributed by atoms with E-state index in [1.807, 2.05) is 0 Å². The molecule has 2 saturated carbocycles. The molecule has 1 heteroatoms. The lowest BCUT2D eigenvalue weighted by Crippen LogP contribution is -2.33. The molecule has 2 aliphatic rings. The summed E-state index contributed by atoms with van der Waals surface area (Å²) in [6.07, 6.45) is 12.9. The predicted molar refractivity (Wildman–Crippen MR) is 86.9 cm³/mol. The highest BCUT2D eigenvalue weighted by atomic mass is 16.5. The van der Waals surface area contributed by atoms with Gasteiger partial charge in [0.15, 0.2) is 0 Å². The molecule has 0 heterocycles. The molecule has 0 amide bonds. The van der Waals surface area contributed by atoms with Crippen LogP contribution in [0, 0.1) is 23.2 Å². The van der Waals surface area contributed by atoms with Crippen LogP contribution in [0.4, 0.5) is 0 Å². The Bertz CT molecular complexity index is 283. The minimum absolute atomic E-state index is 0.458. The molecule has 4 atom stereocenters. The molecule has 20 heavy (non-hydrogen) atoms. The first-order chi connectivity index (χ1) is 9.49. The highest BCUT2D eigenvalue weighted by Crippen LogP contribution is 2.44. The van der Waals surface area contributed by atoms with Crippen LogP contribution in [-0.2, 0) is 4.74 Å². The normalized spacial score (nSPS) is 36.0. The van der Waals surface area contributed by atoms with Crippen LogP contribution in [0.5, 0.6) is 0 Å². The number of hydrogen-bond donors (Lipinski definition) is 0. The minimum atomic E-state index is 0.458. The summed E-state index contributed by atoms with van der Waals surface area (Å²) in [5, 5.41) is 0. The Hall–Kier alpha value is -0.0400. The Labute approximate surface area is 126 Å². The van der Waals surface area contributed by atoms with Crippen LogP contribution in [0.15, 0.2) is 0 Å². The third-order valence-corrected chi connectivity index (χ3v) is 6.10. The molecule has 0 aliphatic heterocycles. The van der Waals surface area contributed by atoms with Crippen molar-refractivity contribution in [3.05, 3.63) is 0 Å². The van der Waals surface area contributed by atoms with Gasteiger partial charge >= 0.3 is 0 Å². The molecule has 0 saturated heterocycles. The molecule has 2 fully saturated rings. The highest BCUT2D eigenvalue weighted by molar-refractivity contribution is 4.85. The second-order valence-electron chi connectivity index (χ2n) is 8.37. The standard InChI is InChI=1S/C19H36O/c1-15-8-7-10-17(14-15)20-13-12-19(3,4)18-11-6-5-9-16(18)2/h15-18H,5-14H2,1-4H3/t15-,16-,17+,18-/m1/s1. The Morgan fingerprint density at radius 3 is 2.40 bits per heavy atom. The molecule has 118 valence electrons. The van der Waals surface area contributed by atoms with Gasteiger partial charge in [0.05, 0.1) is 6.10 Å². The summed E-state index contributed by atoms with van der Waals surface area (Å²) in [6, 6.07) is 0. The van der Waals surface area contributed by atoms with E-state index in [2.05, 4.69) is 27.7 Å². The Morgan fingerprint density at radius 1 is 0.950 bits per heavy atom. The molecule has 1 nitrogen and oxygen atoms in total. The summed E-state index contributed by atoms with van der Waals surface area (Å²) in [5.41, 5.74) is 0.458. The zero-order chi connectivity index (χ0) is 14.6. The largest absolute Gasteiger partial charge is 0.378 e. The average Bonchev–Trinajstić information content (AvgIpc) is 2.39. The second kappa shape index (κ2) is 7.29. The topological polar surface area (TPSA) is 9.23 Å². The van der Waals surface area contributed by atoms with E-state index in [4.69, 9.17) is 4.74 Å². The van der Waals surface area contributed by atoms with Crippen molar-refractivity contribution in [3.8, 4) is 0 Å². The Kier molecular flexibility index (Phi) is 5.95. The van der Waals surface area contributed by atoms with Crippen LogP contribution in [0.25, 0.3) is 0 Å². The molecular formula is C19H36O. The zero-order valence-electron chi connectivity index (χ0n) is 14.3. The van der Waals surface area contributed by atoms with Gasteiger partial charge in [0.25, 0.3) is 0 Å².